The van der Waals surface area contributed by atoms with Gasteiger partial charge in [-0.2, -0.15) is 5.10 Å². The number of aromatic nitrogens is 2. The van der Waals surface area contributed by atoms with Crippen LogP contribution in [0.25, 0.3) is 0 Å². The largest absolute Gasteiger partial charge is 0.309 e. The lowest BCUT2D eigenvalue weighted by molar-refractivity contribution is -0.116. The molecule has 3 rings (SSSR count). The SMILES string of the molecule is Cc1[nH]nc2c1[C@H](c1cccs1)CC(=O)N2. The fourth-order valence-electron chi connectivity index (χ4n) is 2.16. The maximum atomic E-state index is 11.6. The van der Waals surface area contributed by atoms with Crippen LogP contribution < -0.4 is 5.32 Å². The third-order valence-electron chi connectivity index (χ3n) is 2.88. The highest BCUT2D eigenvalue weighted by atomic mass is 32.1. The van der Waals surface area contributed by atoms with Crippen LogP contribution in [-0.4, -0.2) is 16.1 Å². The Morgan fingerprint density at radius 3 is 3.19 bits per heavy atom. The predicted molar refractivity (Wildman–Crippen MR) is 62.7 cm³/mol. The number of carbonyl (C=O) groups is 1. The van der Waals surface area contributed by atoms with Crippen molar-refractivity contribution in [1.29, 1.82) is 0 Å². The number of carbonyl (C=O) groups excluding carboxylic acids is 1. The van der Waals surface area contributed by atoms with Crippen molar-refractivity contribution in [3.63, 3.8) is 0 Å². The lowest BCUT2D eigenvalue weighted by Gasteiger charge is -2.21. The van der Waals surface area contributed by atoms with E-state index in [0.717, 1.165) is 11.3 Å². The van der Waals surface area contributed by atoms with Gasteiger partial charge < -0.3 is 5.32 Å². The Labute approximate surface area is 96.7 Å². The van der Waals surface area contributed by atoms with Gasteiger partial charge in [0, 0.05) is 28.5 Å². The third-order valence-corrected chi connectivity index (χ3v) is 3.86. The van der Waals surface area contributed by atoms with Crippen LogP contribution in [0.1, 0.15) is 28.5 Å². The molecule has 0 aromatic carbocycles. The molecule has 0 aliphatic carbocycles. The summed E-state index contributed by atoms with van der Waals surface area (Å²) >= 11 is 1.69. The van der Waals surface area contributed by atoms with Crippen LogP contribution in [0.4, 0.5) is 5.82 Å². The van der Waals surface area contributed by atoms with Gasteiger partial charge in [-0.3, -0.25) is 9.89 Å². The first-order chi connectivity index (χ1) is 7.75. The number of thiophene rings is 1. The summed E-state index contributed by atoms with van der Waals surface area (Å²) < 4.78 is 0. The number of aryl methyl sites for hydroxylation is 1. The number of anilines is 1. The number of nitrogens with zero attached hydrogens (tertiary/aromatic N) is 1. The quantitative estimate of drug-likeness (QED) is 0.793. The molecule has 0 spiro atoms. The van der Waals surface area contributed by atoms with Crippen molar-refractivity contribution in [3.05, 3.63) is 33.6 Å². The van der Waals surface area contributed by atoms with E-state index in [1.54, 1.807) is 11.3 Å². The van der Waals surface area contributed by atoms with Crippen molar-refractivity contribution in [3.8, 4) is 0 Å². The Hall–Kier alpha value is -1.62. The summed E-state index contributed by atoms with van der Waals surface area (Å²) in [5.41, 5.74) is 2.16. The molecule has 1 amide bonds. The van der Waals surface area contributed by atoms with Crippen LogP contribution in [0.15, 0.2) is 17.5 Å². The standard InChI is InChI=1S/C11H11N3OS/c1-6-10-7(8-3-2-4-16-8)5-9(15)12-11(10)14-13-6/h2-4,7H,5H2,1H3,(H2,12,13,14,15)/t7-/m0/s1. The zero-order chi connectivity index (χ0) is 11.1. The molecule has 0 radical (unpaired) electrons. The lowest BCUT2D eigenvalue weighted by Crippen LogP contribution is -2.22. The second-order valence-corrected chi connectivity index (χ2v) is 4.91. The highest BCUT2D eigenvalue weighted by Crippen LogP contribution is 2.39. The first-order valence-corrected chi connectivity index (χ1v) is 6.02. The molecule has 5 heteroatoms. The highest BCUT2D eigenvalue weighted by molar-refractivity contribution is 7.10. The van der Waals surface area contributed by atoms with Gasteiger partial charge in [-0.15, -0.1) is 11.3 Å². The number of hydrogen-bond acceptors (Lipinski definition) is 3. The fraction of sp³-hybridized carbons (Fsp3) is 0.273. The topological polar surface area (TPSA) is 57.8 Å². The van der Waals surface area contributed by atoms with E-state index in [9.17, 15) is 4.79 Å². The normalized spacial score (nSPS) is 19.3. The van der Waals surface area contributed by atoms with E-state index in [4.69, 9.17) is 0 Å². The maximum absolute atomic E-state index is 11.6. The molecular formula is C11H11N3OS. The van der Waals surface area contributed by atoms with Gasteiger partial charge >= 0.3 is 0 Å². The number of hydrogen-bond donors (Lipinski definition) is 2. The molecule has 1 atom stereocenters. The minimum absolute atomic E-state index is 0.0393. The molecule has 0 bridgehead atoms. The highest BCUT2D eigenvalue weighted by Gasteiger charge is 2.30. The number of rotatable bonds is 1. The number of nitrogens with one attached hydrogen (secondary N) is 2. The zero-order valence-electron chi connectivity index (χ0n) is 8.78. The molecule has 3 heterocycles. The number of H-pyrrole nitrogens is 1. The van der Waals surface area contributed by atoms with Crippen LogP contribution in [0.5, 0.6) is 0 Å². The minimum atomic E-state index is 0.0393. The number of amides is 1. The van der Waals surface area contributed by atoms with Gasteiger partial charge in [0.15, 0.2) is 5.82 Å². The van der Waals surface area contributed by atoms with Crippen molar-refractivity contribution in [2.24, 2.45) is 0 Å². The third kappa shape index (κ3) is 1.36. The van der Waals surface area contributed by atoms with Crippen molar-refractivity contribution in [2.45, 2.75) is 19.3 Å². The Kier molecular flexibility index (Phi) is 2.07. The molecule has 2 N–H and O–H groups in total. The van der Waals surface area contributed by atoms with Gasteiger partial charge in [0.05, 0.1) is 0 Å². The van der Waals surface area contributed by atoms with E-state index in [2.05, 4.69) is 21.6 Å². The average molecular weight is 233 g/mol. The van der Waals surface area contributed by atoms with E-state index in [-0.39, 0.29) is 11.8 Å². The fourth-order valence-corrected chi connectivity index (χ4v) is 3.00. The van der Waals surface area contributed by atoms with Crippen LogP contribution in [0, 0.1) is 6.92 Å². The van der Waals surface area contributed by atoms with Gasteiger partial charge in [-0.1, -0.05) is 6.07 Å². The Balaban J connectivity index is 2.13. The molecule has 4 nitrogen and oxygen atoms in total. The van der Waals surface area contributed by atoms with Crippen molar-refractivity contribution < 1.29 is 4.79 Å². The molecule has 16 heavy (non-hydrogen) atoms. The van der Waals surface area contributed by atoms with Crippen LogP contribution in [0.3, 0.4) is 0 Å². The monoisotopic (exact) mass is 233 g/mol. The summed E-state index contributed by atoms with van der Waals surface area (Å²) in [5, 5.41) is 11.9. The number of fused-ring (bicyclic) bond motifs is 1. The molecule has 0 saturated carbocycles. The van der Waals surface area contributed by atoms with Crippen LogP contribution in [0.2, 0.25) is 0 Å². The number of aromatic amines is 1. The summed E-state index contributed by atoms with van der Waals surface area (Å²) in [6.07, 6.45) is 0.508. The smallest absolute Gasteiger partial charge is 0.226 e. The Morgan fingerprint density at radius 1 is 1.56 bits per heavy atom. The van der Waals surface area contributed by atoms with Crippen LogP contribution >= 0.6 is 11.3 Å². The minimum Gasteiger partial charge on any atom is -0.309 e. The maximum Gasteiger partial charge on any atom is 0.226 e. The van der Waals surface area contributed by atoms with Gasteiger partial charge in [-0.25, -0.2) is 0 Å². The van der Waals surface area contributed by atoms with E-state index in [1.807, 2.05) is 18.4 Å². The molecule has 1 aliphatic heterocycles. The average Bonchev–Trinajstić information content (AvgIpc) is 2.87. The molecular weight excluding hydrogens is 222 g/mol. The van der Waals surface area contributed by atoms with E-state index in [0.29, 0.717) is 12.2 Å². The summed E-state index contributed by atoms with van der Waals surface area (Å²) in [5.74, 6) is 0.882. The predicted octanol–water partition coefficient (Wildman–Crippen LogP) is 2.25. The van der Waals surface area contributed by atoms with Crippen LogP contribution in [-0.2, 0) is 4.79 Å². The Bertz CT molecular complexity index is 529. The van der Waals surface area contributed by atoms with Gasteiger partial charge in [0.2, 0.25) is 5.91 Å². The summed E-state index contributed by atoms with van der Waals surface area (Å²) in [6.45, 7) is 1.99. The molecule has 2 aromatic rings. The molecule has 0 unspecified atom stereocenters. The first kappa shape index (κ1) is 9.59. The summed E-state index contributed by atoms with van der Waals surface area (Å²) in [4.78, 5) is 12.8. The first-order valence-electron chi connectivity index (χ1n) is 5.14. The van der Waals surface area contributed by atoms with Crippen molar-refractivity contribution in [2.75, 3.05) is 5.32 Å². The molecule has 1 aliphatic rings. The molecule has 0 fully saturated rings. The van der Waals surface area contributed by atoms with Gasteiger partial charge in [0.25, 0.3) is 0 Å². The van der Waals surface area contributed by atoms with E-state index < -0.39 is 0 Å². The second-order valence-electron chi connectivity index (χ2n) is 3.93. The molecule has 82 valence electrons. The molecule has 0 saturated heterocycles. The Morgan fingerprint density at radius 2 is 2.44 bits per heavy atom. The lowest BCUT2D eigenvalue weighted by atomic mass is 9.91. The summed E-state index contributed by atoms with van der Waals surface area (Å²) in [6, 6.07) is 4.09. The van der Waals surface area contributed by atoms with Crippen molar-refractivity contribution in [1.82, 2.24) is 10.2 Å². The van der Waals surface area contributed by atoms with E-state index >= 15 is 0 Å². The van der Waals surface area contributed by atoms with E-state index in [1.165, 1.54) is 4.88 Å². The summed E-state index contributed by atoms with van der Waals surface area (Å²) in [7, 11) is 0. The second kappa shape index (κ2) is 3.45. The van der Waals surface area contributed by atoms with Crippen molar-refractivity contribution >= 4 is 23.1 Å². The van der Waals surface area contributed by atoms with Gasteiger partial charge in [-0.05, 0) is 18.4 Å². The zero-order valence-corrected chi connectivity index (χ0v) is 9.60. The van der Waals surface area contributed by atoms with Gasteiger partial charge in [0.1, 0.15) is 0 Å². The molecule has 2 aromatic heterocycles.